The second-order valence-electron chi connectivity index (χ2n) is 4.51. The fraction of sp³-hybridized carbons (Fsp3) is 0.571. The van der Waals surface area contributed by atoms with E-state index in [9.17, 15) is 5.11 Å². The first-order chi connectivity index (χ1) is 7.67. The van der Waals surface area contributed by atoms with Gasteiger partial charge in [-0.05, 0) is 37.0 Å². The van der Waals surface area contributed by atoms with Crippen molar-refractivity contribution in [1.29, 1.82) is 0 Å². The van der Waals surface area contributed by atoms with Crippen molar-refractivity contribution in [1.82, 2.24) is 0 Å². The maximum atomic E-state index is 9.37. The zero-order valence-corrected chi connectivity index (χ0v) is 10.4. The van der Waals surface area contributed by atoms with Gasteiger partial charge in [0.15, 0.2) is 0 Å². The summed E-state index contributed by atoms with van der Waals surface area (Å²) in [4.78, 5) is 0. The van der Waals surface area contributed by atoms with E-state index in [4.69, 9.17) is 4.74 Å². The highest BCUT2D eigenvalue weighted by Crippen LogP contribution is 2.25. The number of hydrogen-bond donors (Lipinski definition) is 1. The summed E-state index contributed by atoms with van der Waals surface area (Å²) in [6, 6.07) is 8.05. The molecule has 0 heterocycles. The van der Waals surface area contributed by atoms with Crippen LogP contribution in [0.1, 0.15) is 38.7 Å². The van der Waals surface area contributed by atoms with E-state index in [-0.39, 0.29) is 12.5 Å². The largest absolute Gasteiger partial charge is 0.494 e. The van der Waals surface area contributed by atoms with E-state index < -0.39 is 0 Å². The van der Waals surface area contributed by atoms with Crippen molar-refractivity contribution >= 4 is 0 Å². The standard InChI is InChI=1S/C14H22O2/c1-4-16-14-7-5-12(6-8-14)13(10-15)9-11(2)3/h5-8,11,13,15H,4,9-10H2,1-3H3. The topological polar surface area (TPSA) is 29.5 Å². The van der Waals surface area contributed by atoms with Crippen LogP contribution in [0.4, 0.5) is 0 Å². The molecule has 0 aliphatic rings. The van der Waals surface area contributed by atoms with Gasteiger partial charge in [-0.15, -0.1) is 0 Å². The van der Waals surface area contributed by atoms with Crippen LogP contribution in [0.15, 0.2) is 24.3 Å². The van der Waals surface area contributed by atoms with E-state index in [1.165, 1.54) is 5.56 Å². The van der Waals surface area contributed by atoms with Crippen LogP contribution in [0.25, 0.3) is 0 Å². The molecule has 0 aliphatic heterocycles. The molecule has 0 aliphatic carbocycles. The van der Waals surface area contributed by atoms with Crippen molar-refractivity contribution < 1.29 is 9.84 Å². The molecule has 1 aromatic carbocycles. The molecule has 1 unspecified atom stereocenters. The Morgan fingerprint density at radius 2 is 1.81 bits per heavy atom. The van der Waals surface area contributed by atoms with Crippen LogP contribution < -0.4 is 4.74 Å². The van der Waals surface area contributed by atoms with E-state index in [0.29, 0.717) is 12.5 Å². The Kier molecular flexibility index (Phi) is 5.33. The normalized spacial score (nSPS) is 12.8. The Bertz CT molecular complexity index is 290. The van der Waals surface area contributed by atoms with Gasteiger partial charge in [0.2, 0.25) is 0 Å². The van der Waals surface area contributed by atoms with Crippen molar-refractivity contribution in [3.05, 3.63) is 29.8 Å². The molecule has 0 amide bonds. The molecule has 16 heavy (non-hydrogen) atoms. The predicted octanol–water partition coefficient (Wildman–Crippen LogP) is 3.21. The van der Waals surface area contributed by atoms with Gasteiger partial charge in [0.05, 0.1) is 6.61 Å². The third-order valence-electron chi connectivity index (χ3n) is 2.64. The lowest BCUT2D eigenvalue weighted by molar-refractivity contribution is 0.248. The van der Waals surface area contributed by atoms with E-state index in [2.05, 4.69) is 13.8 Å². The lowest BCUT2D eigenvalue weighted by atomic mass is 9.91. The summed E-state index contributed by atoms with van der Waals surface area (Å²) in [6.07, 6.45) is 1.02. The average molecular weight is 222 g/mol. The van der Waals surface area contributed by atoms with Gasteiger partial charge in [0.25, 0.3) is 0 Å². The SMILES string of the molecule is CCOc1ccc(C(CO)CC(C)C)cc1. The zero-order valence-electron chi connectivity index (χ0n) is 10.4. The second kappa shape index (κ2) is 6.54. The minimum absolute atomic E-state index is 0.214. The van der Waals surface area contributed by atoms with Gasteiger partial charge in [-0.3, -0.25) is 0 Å². The highest BCUT2D eigenvalue weighted by molar-refractivity contribution is 5.29. The molecule has 0 bridgehead atoms. The van der Waals surface area contributed by atoms with Crippen LogP contribution in [-0.2, 0) is 0 Å². The van der Waals surface area contributed by atoms with Crippen molar-refractivity contribution in [2.75, 3.05) is 13.2 Å². The molecular weight excluding hydrogens is 200 g/mol. The van der Waals surface area contributed by atoms with Crippen molar-refractivity contribution in [3.63, 3.8) is 0 Å². The summed E-state index contributed by atoms with van der Waals surface area (Å²) in [5.74, 6) is 1.74. The Morgan fingerprint density at radius 1 is 1.19 bits per heavy atom. The lowest BCUT2D eigenvalue weighted by Crippen LogP contribution is -2.07. The van der Waals surface area contributed by atoms with E-state index in [1.807, 2.05) is 31.2 Å². The second-order valence-corrected chi connectivity index (χ2v) is 4.51. The Labute approximate surface area is 98.3 Å². The van der Waals surface area contributed by atoms with Crippen LogP contribution in [0.3, 0.4) is 0 Å². The summed E-state index contributed by atoms with van der Waals surface area (Å²) in [7, 11) is 0. The molecule has 1 atom stereocenters. The summed E-state index contributed by atoms with van der Waals surface area (Å²) < 4.78 is 5.39. The van der Waals surface area contributed by atoms with Gasteiger partial charge >= 0.3 is 0 Å². The van der Waals surface area contributed by atoms with E-state index >= 15 is 0 Å². The fourth-order valence-corrected chi connectivity index (χ4v) is 1.89. The first-order valence-corrected chi connectivity index (χ1v) is 6.01. The third-order valence-corrected chi connectivity index (χ3v) is 2.64. The zero-order chi connectivity index (χ0) is 12.0. The molecule has 0 aromatic heterocycles. The molecule has 2 heteroatoms. The summed E-state index contributed by atoms with van der Waals surface area (Å²) in [6.45, 7) is 7.23. The first-order valence-electron chi connectivity index (χ1n) is 6.01. The highest BCUT2D eigenvalue weighted by atomic mass is 16.5. The average Bonchev–Trinajstić information content (AvgIpc) is 2.27. The quantitative estimate of drug-likeness (QED) is 0.801. The lowest BCUT2D eigenvalue weighted by Gasteiger charge is -2.17. The first kappa shape index (κ1) is 13.0. The van der Waals surface area contributed by atoms with Crippen LogP contribution >= 0.6 is 0 Å². The van der Waals surface area contributed by atoms with Crippen LogP contribution in [-0.4, -0.2) is 18.3 Å². The number of hydrogen-bond acceptors (Lipinski definition) is 2. The van der Waals surface area contributed by atoms with Gasteiger partial charge in [-0.1, -0.05) is 26.0 Å². The van der Waals surface area contributed by atoms with Gasteiger partial charge in [0, 0.05) is 12.5 Å². The number of ether oxygens (including phenoxy) is 1. The molecule has 1 rings (SSSR count). The van der Waals surface area contributed by atoms with Crippen molar-refractivity contribution in [2.24, 2.45) is 5.92 Å². The molecule has 1 N–H and O–H groups in total. The molecule has 0 saturated carbocycles. The molecule has 0 saturated heterocycles. The smallest absolute Gasteiger partial charge is 0.119 e. The van der Waals surface area contributed by atoms with Crippen LogP contribution in [0.2, 0.25) is 0 Å². The molecule has 90 valence electrons. The molecule has 0 radical (unpaired) electrons. The summed E-state index contributed by atoms with van der Waals surface area (Å²) in [5.41, 5.74) is 1.19. The third kappa shape index (κ3) is 3.86. The number of benzene rings is 1. The molecule has 1 aromatic rings. The molecule has 2 nitrogen and oxygen atoms in total. The number of aliphatic hydroxyl groups excluding tert-OH is 1. The van der Waals surface area contributed by atoms with Crippen LogP contribution in [0, 0.1) is 5.92 Å². The Morgan fingerprint density at radius 3 is 2.25 bits per heavy atom. The van der Waals surface area contributed by atoms with E-state index in [0.717, 1.165) is 12.2 Å². The van der Waals surface area contributed by atoms with Gasteiger partial charge in [0.1, 0.15) is 5.75 Å². The maximum absolute atomic E-state index is 9.37. The maximum Gasteiger partial charge on any atom is 0.119 e. The summed E-state index contributed by atoms with van der Waals surface area (Å²) >= 11 is 0. The molecule has 0 fully saturated rings. The molecule has 0 spiro atoms. The Balaban J connectivity index is 2.70. The van der Waals surface area contributed by atoms with E-state index in [1.54, 1.807) is 0 Å². The minimum atomic E-state index is 0.214. The van der Waals surface area contributed by atoms with Crippen LogP contribution in [0.5, 0.6) is 5.75 Å². The van der Waals surface area contributed by atoms with Gasteiger partial charge in [-0.25, -0.2) is 0 Å². The minimum Gasteiger partial charge on any atom is -0.494 e. The highest BCUT2D eigenvalue weighted by Gasteiger charge is 2.12. The van der Waals surface area contributed by atoms with Gasteiger partial charge < -0.3 is 9.84 Å². The number of rotatable bonds is 6. The monoisotopic (exact) mass is 222 g/mol. The summed E-state index contributed by atoms with van der Waals surface area (Å²) in [5, 5.41) is 9.37. The molecular formula is C14H22O2. The fourth-order valence-electron chi connectivity index (χ4n) is 1.89. The van der Waals surface area contributed by atoms with Gasteiger partial charge in [-0.2, -0.15) is 0 Å². The number of aliphatic hydroxyl groups is 1. The van der Waals surface area contributed by atoms with Crippen molar-refractivity contribution in [3.8, 4) is 5.75 Å². The van der Waals surface area contributed by atoms with Crippen molar-refractivity contribution in [2.45, 2.75) is 33.1 Å². The predicted molar refractivity (Wildman–Crippen MR) is 66.9 cm³/mol. The Hall–Kier alpha value is -1.02.